The van der Waals surface area contributed by atoms with Gasteiger partial charge in [-0.1, -0.05) is 17.7 Å². The van der Waals surface area contributed by atoms with Gasteiger partial charge in [-0.05, 0) is 50.2 Å². The van der Waals surface area contributed by atoms with Crippen LogP contribution in [-0.2, 0) is 11.2 Å². The van der Waals surface area contributed by atoms with E-state index in [0.29, 0.717) is 27.7 Å². The molecule has 0 fully saturated rings. The Kier molecular flexibility index (Phi) is 5.80. The van der Waals surface area contributed by atoms with Crippen molar-refractivity contribution in [1.82, 2.24) is 9.78 Å². The molecule has 0 aliphatic carbocycles. The number of anilines is 1. The second-order valence-electron chi connectivity index (χ2n) is 6.37. The van der Waals surface area contributed by atoms with E-state index in [1.54, 1.807) is 41.1 Å². The highest BCUT2D eigenvalue weighted by atomic mass is 35.5. The summed E-state index contributed by atoms with van der Waals surface area (Å²) in [5.74, 6) is 0.771. The highest BCUT2D eigenvalue weighted by Crippen LogP contribution is 2.23. The molecular formula is C21H20ClN3O3. The number of hydrogen-bond acceptors (Lipinski definition) is 4. The van der Waals surface area contributed by atoms with Gasteiger partial charge in [-0.2, -0.15) is 5.10 Å². The average Bonchev–Trinajstić information content (AvgIpc) is 3.01. The SMILES string of the molecule is COc1ccc(C(C)=O)cc1CC(=O)Nc1cc(C)nn1-c1cccc(Cl)c1. The zero-order valence-corrected chi connectivity index (χ0v) is 16.6. The minimum Gasteiger partial charge on any atom is -0.496 e. The van der Waals surface area contributed by atoms with Gasteiger partial charge in [0.05, 0.1) is 24.9 Å². The molecule has 1 amide bonds. The molecule has 1 N–H and O–H groups in total. The number of methoxy groups -OCH3 is 1. The molecule has 1 heterocycles. The van der Waals surface area contributed by atoms with Crippen molar-refractivity contribution in [2.45, 2.75) is 20.3 Å². The van der Waals surface area contributed by atoms with E-state index in [4.69, 9.17) is 16.3 Å². The summed E-state index contributed by atoms with van der Waals surface area (Å²) in [6.45, 7) is 3.33. The van der Waals surface area contributed by atoms with E-state index in [2.05, 4.69) is 10.4 Å². The number of aromatic nitrogens is 2. The van der Waals surface area contributed by atoms with Gasteiger partial charge < -0.3 is 10.1 Å². The molecule has 144 valence electrons. The van der Waals surface area contributed by atoms with Crippen LogP contribution in [0, 0.1) is 6.92 Å². The number of carbonyl (C=O) groups excluding carboxylic acids is 2. The van der Waals surface area contributed by atoms with Gasteiger partial charge in [-0.3, -0.25) is 9.59 Å². The number of ether oxygens (including phenoxy) is 1. The molecule has 0 aliphatic rings. The first-order valence-corrected chi connectivity index (χ1v) is 9.05. The number of Topliss-reactive ketones (excluding diaryl/α,β-unsaturated/α-hetero) is 1. The highest BCUT2D eigenvalue weighted by Gasteiger charge is 2.15. The van der Waals surface area contributed by atoms with Gasteiger partial charge in [0.25, 0.3) is 0 Å². The van der Waals surface area contributed by atoms with E-state index in [0.717, 1.165) is 11.4 Å². The van der Waals surface area contributed by atoms with E-state index < -0.39 is 0 Å². The zero-order chi connectivity index (χ0) is 20.3. The number of nitrogens with one attached hydrogen (secondary N) is 1. The van der Waals surface area contributed by atoms with Gasteiger partial charge in [-0.15, -0.1) is 0 Å². The maximum atomic E-state index is 12.7. The van der Waals surface area contributed by atoms with E-state index in [1.165, 1.54) is 14.0 Å². The number of halogens is 1. The van der Waals surface area contributed by atoms with Crippen LogP contribution in [0.4, 0.5) is 5.82 Å². The molecule has 2 aromatic carbocycles. The lowest BCUT2D eigenvalue weighted by Crippen LogP contribution is -2.17. The van der Waals surface area contributed by atoms with Gasteiger partial charge in [-0.25, -0.2) is 4.68 Å². The molecule has 0 saturated carbocycles. The Morgan fingerprint density at radius 2 is 1.96 bits per heavy atom. The first kappa shape index (κ1) is 19.6. The third kappa shape index (κ3) is 4.40. The molecule has 0 aliphatic heterocycles. The Morgan fingerprint density at radius 1 is 1.18 bits per heavy atom. The van der Waals surface area contributed by atoms with Crippen LogP contribution in [0.1, 0.15) is 28.5 Å². The third-order valence-electron chi connectivity index (χ3n) is 4.19. The zero-order valence-electron chi connectivity index (χ0n) is 15.8. The van der Waals surface area contributed by atoms with Crippen LogP contribution < -0.4 is 10.1 Å². The molecule has 7 heteroatoms. The van der Waals surface area contributed by atoms with Crippen LogP contribution in [0.15, 0.2) is 48.5 Å². The number of benzene rings is 2. The number of rotatable bonds is 6. The maximum absolute atomic E-state index is 12.7. The van der Waals surface area contributed by atoms with Crippen LogP contribution in [-0.4, -0.2) is 28.6 Å². The summed E-state index contributed by atoms with van der Waals surface area (Å²) >= 11 is 6.07. The summed E-state index contributed by atoms with van der Waals surface area (Å²) in [4.78, 5) is 24.3. The Bertz CT molecular complexity index is 1040. The minimum atomic E-state index is -0.248. The standard InChI is InChI=1S/C21H20ClN3O3/c1-13-9-20(25(24-13)18-6-4-5-17(22)12-18)23-21(27)11-16-10-15(14(2)26)7-8-19(16)28-3/h4-10,12H,11H2,1-3H3,(H,23,27). The molecular weight excluding hydrogens is 378 g/mol. The van der Waals surface area contributed by atoms with Gasteiger partial charge in [0, 0.05) is 22.2 Å². The fraction of sp³-hybridized carbons (Fsp3) is 0.190. The molecule has 3 aromatic rings. The van der Waals surface area contributed by atoms with E-state index in [1.807, 2.05) is 19.1 Å². The number of aryl methyl sites for hydroxylation is 1. The fourth-order valence-electron chi connectivity index (χ4n) is 2.89. The predicted octanol–water partition coefficient (Wildman–Crippen LogP) is 4.23. The first-order valence-electron chi connectivity index (χ1n) is 8.67. The van der Waals surface area contributed by atoms with Gasteiger partial charge in [0.1, 0.15) is 11.6 Å². The second-order valence-corrected chi connectivity index (χ2v) is 6.81. The monoisotopic (exact) mass is 397 g/mol. The summed E-state index contributed by atoms with van der Waals surface area (Å²) in [6, 6.07) is 14.0. The van der Waals surface area contributed by atoms with Crippen molar-refractivity contribution < 1.29 is 14.3 Å². The molecule has 3 rings (SSSR count). The van der Waals surface area contributed by atoms with Crippen molar-refractivity contribution in [2.75, 3.05) is 12.4 Å². The van der Waals surface area contributed by atoms with E-state index >= 15 is 0 Å². The molecule has 0 radical (unpaired) electrons. The van der Waals surface area contributed by atoms with Gasteiger partial charge in [0.15, 0.2) is 5.78 Å². The Hall–Kier alpha value is -3.12. The summed E-state index contributed by atoms with van der Waals surface area (Å²) in [6.07, 6.45) is 0.0596. The lowest BCUT2D eigenvalue weighted by Gasteiger charge is -2.12. The Labute approximate surface area is 168 Å². The first-order chi connectivity index (χ1) is 13.4. The summed E-state index contributed by atoms with van der Waals surface area (Å²) in [7, 11) is 1.53. The molecule has 0 spiro atoms. The van der Waals surface area contributed by atoms with Crippen molar-refractivity contribution in [1.29, 1.82) is 0 Å². The van der Waals surface area contributed by atoms with Crippen LogP contribution in [0.3, 0.4) is 0 Å². The van der Waals surface area contributed by atoms with Crippen molar-refractivity contribution in [2.24, 2.45) is 0 Å². The fourth-order valence-corrected chi connectivity index (χ4v) is 3.07. The maximum Gasteiger partial charge on any atom is 0.230 e. The lowest BCUT2D eigenvalue weighted by molar-refractivity contribution is -0.115. The van der Waals surface area contributed by atoms with Crippen LogP contribution in [0.2, 0.25) is 5.02 Å². The Balaban J connectivity index is 1.85. The molecule has 28 heavy (non-hydrogen) atoms. The lowest BCUT2D eigenvalue weighted by atomic mass is 10.0. The normalized spacial score (nSPS) is 10.6. The van der Waals surface area contributed by atoms with Gasteiger partial charge >= 0.3 is 0 Å². The largest absolute Gasteiger partial charge is 0.496 e. The molecule has 0 saturated heterocycles. The molecule has 0 atom stereocenters. The molecule has 0 bridgehead atoms. The smallest absolute Gasteiger partial charge is 0.230 e. The summed E-state index contributed by atoms with van der Waals surface area (Å²) in [5.41, 5.74) is 2.67. The van der Waals surface area contributed by atoms with Crippen LogP contribution >= 0.6 is 11.6 Å². The van der Waals surface area contributed by atoms with Crippen LogP contribution in [0.25, 0.3) is 5.69 Å². The molecule has 1 aromatic heterocycles. The number of nitrogens with zero attached hydrogens (tertiary/aromatic N) is 2. The highest BCUT2D eigenvalue weighted by molar-refractivity contribution is 6.30. The van der Waals surface area contributed by atoms with Crippen molar-refractivity contribution in [3.8, 4) is 11.4 Å². The minimum absolute atomic E-state index is 0.0596. The number of carbonyl (C=O) groups is 2. The van der Waals surface area contributed by atoms with Crippen molar-refractivity contribution >= 4 is 29.1 Å². The number of hydrogen-bond donors (Lipinski definition) is 1. The number of ketones is 1. The van der Waals surface area contributed by atoms with Crippen LogP contribution in [0.5, 0.6) is 5.75 Å². The topological polar surface area (TPSA) is 73.2 Å². The average molecular weight is 398 g/mol. The summed E-state index contributed by atoms with van der Waals surface area (Å²) in [5, 5.41) is 7.88. The van der Waals surface area contributed by atoms with Crippen molar-refractivity contribution in [3.05, 3.63) is 70.4 Å². The molecule has 6 nitrogen and oxygen atoms in total. The molecule has 0 unspecified atom stereocenters. The summed E-state index contributed by atoms with van der Waals surface area (Å²) < 4.78 is 6.95. The number of amides is 1. The second kappa shape index (κ2) is 8.27. The van der Waals surface area contributed by atoms with Crippen molar-refractivity contribution in [3.63, 3.8) is 0 Å². The van der Waals surface area contributed by atoms with E-state index in [9.17, 15) is 9.59 Å². The van der Waals surface area contributed by atoms with Gasteiger partial charge in [0.2, 0.25) is 5.91 Å². The third-order valence-corrected chi connectivity index (χ3v) is 4.42. The van der Waals surface area contributed by atoms with E-state index in [-0.39, 0.29) is 18.1 Å². The predicted molar refractivity (Wildman–Crippen MR) is 109 cm³/mol. The quantitative estimate of drug-likeness (QED) is 0.632. The Morgan fingerprint density at radius 3 is 2.64 bits per heavy atom.